The summed E-state index contributed by atoms with van der Waals surface area (Å²) in [5.74, 6) is 0. The van der Waals surface area contributed by atoms with E-state index in [2.05, 4.69) is 25.2 Å². The van der Waals surface area contributed by atoms with E-state index in [1.165, 1.54) is 19.3 Å². The highest BCUT2D eigenvalue weighted by Gasteiger charge is 2.71. The molecule has 0 aliphatic heterocycles. The van der Waals surface area contributed by atoms with Crippen molar-refractivity contribution >= 4 is 6.29 Å². The van der Waals surface area contributed by atoms with Crippen LogP contribution in [-0.2, 0) is 4.79 Å². The maximum Gasteiger partial charge on any atom is 0.588 e. The third-order valence-corrected chi connectivity index (χ3v) is 4.54. The van der Waals surface area contributed by atoms with Crippen LogP contribution in [0.3, 0.4) is 0 Å². The number of carbonyl (C=O) groups excluding carboxylic acids is 1. The molecule has 0 rings (SSSR count). The van der Waals surface area contributed by atoms with Crippen molar-refractivity contribution < 1.29 is 19.6 Å². The summed E-state index contributed by atoms with van der Waals surface area (Å²) in [7, 11) is 0. The van der Waals surface area contributed by atoms with Crippen LogP contribution >= 0.6 is 0 Å². The van der Waals surface area contributed by atoms with Crippen molar-refractivity contribution in [2.75, 3.05) is 0 Å². The Kier molecular flexibility index (Phi) is 14.4. The predicted octanol–water partition coefficient (Wildman–Crippen LogP) is 4.58. The van der Waals surface area contributed by atoms with E-state index in [0.29, 0.717) is 19.1 Å². The molecule has 1 atom stereocenters. The van der Waals surface area contributed by atoms with Crippen LogP contribution in [0, 0.1) is 30.3 Å². The second-order valence-corrected chi connectivity index (χ2v) is 6.81. The first-order valence-corrected chi connectivity index (χ1v) is 10.1. The van der Waals surface area contributed by atoms with E-state index in [-0.39, 0.29) is 6.42 Å². The van der Waals surface area contributed by atoms with E-state index in [9.17, 15) is 35.1 Å². The topological polar surface area (TPSA) is 146 Å². The Morgan fingerprint density at radius 2 is 1.27 bits per heavy atom. The molecule has 0 heterocycles. The van der Waals surface area contributed by atoms with Gasteiger partial charge in [-0.15, -0.1) is 0 Å². The number of allylic oxidation sites excluding steroid dienone is 6. The highest BCUT2D eigenvalue weighted by molar-refractivity contribution is 5.61. The van der Waals surface area contributed by atoms with Gasteiger partial charge < -0.3 is 0 Å². The van der Waals surface area contributed by atoms with E-state index in [0.717, 1.165) is 19.3 Å². The lowest BCUT2D eigenvalue weighted by molar-refractivity contribution is -0.810. The van der Waals surface area contributed by atoms with E-state index in [1.54, 1.807) is 0 Å². The molecule has 0 saturated carbocycles. The van der Waals surface area contributed by atoms with Gasteiger partial charge in [0.1, 0.15) is 9.85 Å². The van der Waals surface area contributed by atoms with Crippen LogP contribution in [0.4, 0.5) is 0 Å². The molecule has 10 heteroatoms. The first kappa shape index (κ1) is 27.1. The van der Waals surface area contributed by atoms with Crippen molar-refractivity contribution in [1.82, 2.24) is 0 Å². The van der Waals surface area contributed by atoms with Crippen molar-refractivity contribution in [3.05, 3.63) is 66.8 Å². The molecule has 0 aromatic rings. The van der Waals surface area contributed by atoms with E-state index >= 15 is 0 Å². The van der Waals surface area contributed by atoms with Crippen molar-refractivity contribution in [3.63, 3.8) is 0 Å². The average molecular weight is 424 g/mol. The first-order chi connectivity index (χ1) is 14.3. The fourth-order valence-corrected chi connectivity index (χ4v) is 2.80. The molecule has 1 radical (unpaired) electrons. The maximum atomic E-state index is 11.1. The van der Waals surface area contributed by atoms with Crippen LogP contribution in [0.1, 0.15) is 71.1 Å². The lowest BCUT2D eigenvalue weighted by atomic mass is 9.97. The number of hydrogen-bond acceptors (Lipinski definition) is 7. The normalized spacial score (nSPS) is 13.2. The fourth-order valence-electron chi connectivity index (χ4n) is 2.80. The molecule has 1 unspecified atom stereocenters. The summed E-state index contributed by atoms with van der Waals surface area (Å²) in [4.78, 5) is 39.7. The number of nitrogens with zero attached hydrogens (tertiary/aromatic N) is 3. The van der Waals surface area contributed by atoms with Gasteiger partial charge in [-0.25, -0.2) is 0 Å². The molecule has 0 bridgehead atoms. The van der Waals surface area contributed by atoms with Gasteiger partial charge in [-0.3, -0.25) is 35.1 Å². The third kappa shape index (κ3) is 9.53. The number of hydrogen-bond donors (Lipinski definition) is 0. The Labute approximate surface area is 176 Å². The minimum Gasteiger partial charge on any atom is -0.273 e. The Bertz CT molecular complexity index is 630. The molecule has 0 aromatic carbocycles. The molecule has 0 aromatic heterocycles. The minimum atomic E-state index is -3.57. The summed E-state index contributed by atoms with van der Waals surface area (Å²) in [6.45, 7) is 2.17. The number of rotatable bonds is 18. The van der Waals surface area contributed by atoms with E-state index in [1.807, 2.05) is 18.2 Å². The molecule has 0 N–H and O–H groups in total. The third-order valence-electron chi connectivity index (χ3n) is 4.54. The molecular weight excluding hydrogens is 394 g/mol. The predicted molar refractivity (Wildman–Crippen MR) is 112 cm³/mol. The molecular formula is C20H30N3O7. The molecule has 0 aliphatic rings. The summed E-state index contributed by atoms with van der Waals surface area (Å²) in [6.07, 6.45) is 20.0. The number of unbranched alkanes of at least 4 members (excludes halogenated alkanes) is 5. The van der Waals surface area contributed by atoms with Crippen LogP contribution in [0.25, 0.3) is 0 Å². The molecule has 0 aliphatic carbocycles. The van der Waals surface area contributed by atoms with E-state index < -0.39 is 32.9 Å². The van der Waals surface area contributed by atoms with Crippen LogP contribution < -0.4 is 0 Å². The largest absolute Gasteiger partial charge is 0.588 e. The Hall–Kier alpha value is -2.91. The van der Waals surface area contributed by atoms with Crippen LogP contribution in [0.5, 0.6) is 0 Å². The monoisotopic (exact) mass is 424 g/mol. The van der Waals surface area contributed by atoms with Crippen molar-refractivity contribution in [2.24, 2.45) is 0 Å². The summed E-state index contributed by atoms with van der Waals surface area (Å²) in [6, 6.07) is -2.26. The molecule has 0 fully saturated rings. The van der Waals surface area contributed by atoms with Crippen molar-refractivity contribution in [3.8, 4) is 0 Å². The van der Waals surface area contributed by atoms with Gasteiger partial charge in [-0.05, 0) is 44.9 Å². The summed E-state index contributed by atoms with van der Waals surface area (Å²) in [5, 5.41) is 33.0. The fraction of sp³-hybridized carbons (Fsp3) is 0.650. The van der Waals surface area contributed by atoms with Gasteiger partial charge in [0.15, 0.2) is 0 Å². The average Bonchev–Trinajstić information content (AvgIpc) is 2.69. The smallest absolute Gasteiger partial charge is 0.273 e. The van der Waals surface area contributed by atoms with Gasteiger partial charge in [0.05, 0.1) is 0 Å². The van der Waals surface area contributed by atoms with Gasteiger partial charge in [-0.1, -0.05) is 56.2 Å². The van der Waals surface area contributed by atoms with Crippen molar-refractivity contribution in [2.45, 2.75) is 82.8 Å². The Morgan fingerprint density at radius 1 is 0.800 bits per heavy atom. The SMILES string of the molecule is CCCCC/C=C/C/C=C/C/C=C/CCCCC([N+](=O)[O-])C([C]=O)([N+](=O)[O-])[N+](=O)[O-]. The van der Waals surface area contributed by atoms with Gasteiger partial charge >= 0.3 is 18.0 Å². The molecule has 30 heavy (non-hydrogen) atoms. The Morgan fingerprint density at radius 3 is 1.67 bits per heavy atom. The van der Waals surface area contributed by atoms with Crippen LogP contribution in [0.2, 0.25) is 0 Å². The lowest BCUT2D eigenvalue weighted by Crippen LogP contribution is -2.59. The highest BCUT2D eigenvalue weighted by atomic mass is 16.7. The van der Waals surface area contributed by atoms with Gasteiger partial charge in [0, 0.05) is 11.3 Å². The molecule has 0 spiro atoms. The quantitative estimate of drug-likeness (QED) is 0.103. The summed E-state index contributed by atoms with van der Waals surface area (Å²) in [5.41, 5.74) is -3.57. The zero-order valence-corrected chi connectivity index (χ0v) is 17.3. The molecule has 167 valence electrons. The molecule has 0 saturated heterocycles. The van der Waals surface area contributed by atoms with E-state index in [4.69, 9.17) is 0 Å². The minimum absolute atomic E-state index is 0.139. The summed E-state index contributed by atoms with van der Waals surface area (Å²) < 4.78 is 0. The Balaban J connectivity index is 4.26. The van der Waals surface area contributed by atoms with Gasteiger partial charge in [0.25, 0.3) is 0 Å². The van der Waals surface area contributed by atoms with Gasteiger partial charge in [-0.2, -0.15) is 0 Å². The zero-order valence-electron chi connectivity index (χ0n) is 17.3. The summed E-state index contributed by atoms with van der Waals surface area (Å²) >= 11 is 0. The van der Waals surface area contributed by atoms with Gasteiger partial charge in [0.2, 0.25) is 0 Å². The molecule has 10 nitrogen and oxygen atoms in total. The molecule has 0 amide bonds. The standard InChI is InChI=1S/C20H30N3O7/c1-2-3-4-5-6-7-8-9-10-11-12-13-14-15-16-17-19(21(25)26)20(18-24,22(27)28)23(29)30/h6-7,9-10,12-13,19H,2-5,8,11,14-17H2,1H3/b7-6+,10-9+,13-12+. The second kappa shape index (κ2) is 15.9. The van der Waals surface area contributed by atoms with Crippen molar-refractivity contribution in [1.29, 1.82) is 0 Å². The maximum absolute atomic E-state index is 11.1. The first-order valence-electron chi connectivity index (χ1n) is 10.1. The zero-order chi connectivity index (χ0) is 22.8. The van der Waals surface area contributed by atoms with Crippen LogP contribution in [0.15, 0.2) is 36.5 Å². The van der Waals surface area contributed by atoms with Crippen LogP contribution in [-0.4, -0.2) is 32.8 Å². The number of nitro groups is 3. The second-order valence-electron chi connectivity index (χ2n) is 6.81. The highest BCUT2D eigenvalue weighted by Crippen LogP contribution is 2.22. The lowest BCUT2D eigenvalue weighted by Gasteiger charge is -2.14.